The number of amides is 1. The predicted octanol–water partition coefficient (Wildman–Crippen LogP) is 4.73. The molecule has 1 N–H and O–H groups in total. The van der Waals surface area contributed by atoms with Crippen LogP contribution >= 0.6 is 27.5 Å². The van der Waals surface area contributed by atoms with Gasteiger partial charge >= 0.3 is 0 Å². The van der Waals surface area contributed by atoms with Crippen molar-refractivity contribution in [1.82, 2.24) is 0 Å². The Morgan fingerprint density at radius 1 is 1.19 bits per heavy atom. The normalized spacial score (nSPS) is 10.3. The van der Waals surface area contributed by atoms with E-state index in [4.69, 9.17) is 11.6 Å². The van der Waals surface area contributed by atoms with E-state index in [9.17, 15) is 4.79 Å². The molecule has 2 aromatic rings. The highest BCUT2D eigenvalue weighted by molar-refractivity contribution is 9.10. The standard InChI is InChI=1S/C16H16BrClN2O/c1-10-8-13(17)15(9-14(10)18)19-16(21)11-4-6-12(7-5-11)20(2)3/h4-9H,1-3H3,(H,19,21). The number of benzene rings is 2. The number of rotatable bonds is 3. The van der Waals surface area contributed by atoms with Gasteiger partial charge in [-0.3, -0.25) is 4.79 Å². The van der Waals surface area contributed by atoms with Gasteiger partial charge in [-0.2, -0.15) is 0 Å². The molecule has 0 aromatic heterocycles. The van der Waals surface area contributed by atoms with E-state index in [-0.39, 0.29) is 5.91 Å². The van der Waals surface area contributed by atoms with Crippen LogP contribution in [-0.4, -0.2) is 20.0 Å². The van der Waals surface area contributed by atoms with E-state index >= 15 is 0 Å². The molecule has 2 aromatic carbocycles. The highest BCUT2D eigenvalue weighted by atomic mass is 79.9. The summed E-state index contributed by atoms with van der Waals surface area (Å²) >= 11 is 9.53. The molecule has 1 amide bonds. The number of carbonyl (C=O) groups excluding carboxylic acids is 1. The summed E-state index contributed by atoms with van der Waals surface area (Å²) in [5.41, 5.74) is 3.26. The van der Waals surface area contributed by atoms with Gasteiger partial charge in [-0.25, -0.2) is 0 Å². The van der Waals surface area contributed by atoms with Gasteiger partial charge in [-0.15, -0.1) is 0 Å². The summed E-state index contributed by atoms with van der Waals surface area (Å²) in [7, 11) is 3.92. The van der Waals surface area contributed by atoms with E-state index in [1.807, 2.05) is 44.1 Å². The average molecular weight is 368 g/mol. The van der Waals surface area contributed by atoms with Crippen LogP contribution in [0.15, 0.2) is 40.9 Å². The monoisotopic (exact) mass is 366 g/mol. The lowest BCUT2D eigenvalue weighted by Crippen LogP contribution is -2.13. The van der Waals surface area contributed by atoms with Crippen molar-refractivity contribution < 1.29 is 4.79 Å². The summed E-state index contributed by atoms with van der Waals surface area (Å²) in [6, 6.07) is 11.0. The number of aryl methyl sites for hydroxylation is 1. The van der Waals surface area contributed by atoms with Crippen LogP contribution in [0.1, 0.15) is 15.9 Å². The summed E-state index contributed by atoms with van der Waals surface area (Å²) in [5, 5.41) is 3.48. The third kappa shape index (κ3) is 3.77. The largest absolute Gasteiger partial charge is 0.378 e. The molecular formula is C16H16BrClN2O. The highest BCUT2D eigenvalue weighted by Crippen LogP contribution is 2.29. The lowest BCUT2D eigenvalue weighted by molar-refractivity contribution is 0.102. The van der Waals surface area contributed by atoms with Crippen molar-refractivity contribution in [2.45, 2.75) is 6.92 Å². The van der Waals surface area contributed by atoms with E-state index in [2.05, 4.69) is 21.2 Å². The molecule has 5 heteroatoms. The third-order valence-electron chi connectivity index (χ3n) is 3.14. The van der Waals surface area contributed by atoms with Gasteiger partial charge in [0.25, 0.3) is 5.91 Å². The van der Waals surface area contributed by atoms with Gasteiger partial charge in [0.2, 0.25) is 0 Å². The maximum Gasteiger partial charge on any atom is 0.255 e. The average Bonchev–Trinajstić information content (AvgIpc) is 2.44. The summed E-state index contributed by atoms with van der Waals surface area (Å²) in [5.74, 6) is -0.166. The van der Waals surface area contributed by atoms with Crippen LogP contribution < -0.4 is 10.2 Å². The number of nitrogens with zero attached hydrogens (tertiary/aromatic N) is 1. The van der Waals surface area contributed by atoms with Gasteiger partial charge < -0.3 is 10.2 Å². The fourth-order valence-corrected chi connectivity index (χ4v) is 2.57. The number of anilines is 2. The second-order valence-corrected chi connectivity index (χ2v) is 6.24. The molecule has 0 heterocycles. The van der Waals surface area contributed by atoms with Gasteiger partial charge in [0.1, 0.15) is 0 Å². The third-order valence-corrected chi connectivity index (χ3v) is 4.21. The Kier molecular flexibility index (Phi) is 4.91. The molecule has 0 atom stereocenters. The summed E-state index contributed by atoms with van der Waals surface area (Å²) in [6.07, 6.45) is 0. The molecule has 110 valence electrons. The van der Waals surface area contributed by atoms with Gasteiger partial charge in [0, 0.05) is 34.8 Å². The molecule has 2 rings (SSSR count). The minimum Gasteiger partial charge on any atom is -0.378 e. The second kappa shape index (κ2) is 6.50. The maximum atomic E-state index is 12.3. The first-order valence-corrected chi connectivity index (χ1v) is 7.60. The molecular weight excluding hydrogens is 352 g/mol. The fraction of sp³-hybridized carbons (Fsp3) is 0.188. The van der Waals surface area contributed by atoms with Crippen LogP contribution in [0.2, 0.25) is 5.02 Å². The second-order valence-electron chi connectivity index (χ2n) is 4.98. The quantitative estimate of drug-likeness (QED) is 0.850. The van der Waals surface area contributed by atoms with Crippen molar-refractivity contribution in [2.75, 3.05) is 24.3 Å². The molecule has 3 nitrogen and oxygen atoms in total. The van der Waals surface area contributed by atoms with Crippen LogP contribution in [0, 0.1) is 6.92 Å². The molecule has 0 aliphatic carbocycles. The van der Waals surface area contributed by atoms with Crippen LogP contribution in [0.4, 0.5) is 11.4 Å². The number of carbonyl (C=O) groups is 1. The number of halogens is 2. The van der Waals surface area contributed by atoms with Crippen molar-refractivity contribution >= 4 is 44.8 Å². The Balaban J connectivity index is 2.20. The first kappa shape index (κ1) is 15.9. The molecule has 0 saturated carbocycles. The summed E-state index contributed by atoms with van der Waals surface area (Å²) < 4.78 is 0.808. The van der Waals surface area contributed by atoms with E-state index in [0.29, 0.717) is 16.3 Å². The molecule has 21 heavy (non-hydrogen) atoms. The Labute approximate surface area is 138 Å². The Bertz CT molecular complexity index is 669. The smallest absolute Gasteiger partial charge is 0.255 e. The molecule has 0 bridgehead atoms. The van der Waals surface area contributed by atoms with Crippen LogP contribution in [0.5, 0.6) is 0 Å². The minimum absolute atomic E-state index is 0.166. The molecule has 0 spiro atoms. The van der Waals surface area contributed by atoms with Crippen LogP contribution in [0.3, 0.4) is 0 Å². The van der Waals surface area contributed by atoms with Gasteiger partial charge in [0.15, 0.2) is 0 Å². The number of hydrogen-bond acceptors (Lipinski definition) is 2. The predicted molar refractivity (Wildman–Crippen MR) is 92.6 cm³/mol. The lowest BCUT2D eigenvalue weighted by Gasteiger charge is -2.13. The molecule has 0 saturated heterocycles. The zero-order valence-corrected chi connectivity index (χ0v) is 14.4. The van der Waals surface area contributed by atoms with E-state index < -0.39 is 0 Å². The maximum absolute atomic E-state index is 12.3. The van der Waals surface area contributed by atoms with Crippen molar-refractivity contribution in [3.05, 3.63) is 57.0 Å². The highest BCUT2D eigenvalue weighted by Gasteiger charge is 2.10. The number of hydrogen-bond donors (Lipinski definition) is 1. The molecule has 0 fully saturated rings. The molecule has 0 aliphatic rings. The van der Waals surface area contributed by atoms with Crippen molar-refractivity contribution in [2.24, 2.45) is 0 Å². The van der Waals surface area contributed by atoms with Crippen molar-refractivity contribution in [1.29, 1.82) is 0 Å². The van der Waals surface area contributed by atoms with E-state index in [0.717, 1.165) is 15.7 Å². The number of nitrogens with one attached hydrogen (secondary N) is 1. The topological polar surface area (TPSA) is 32.3 Å². The fourth-order valence-electron chi connectivity index (χ4n) is 1.85. The first-order chi connectivity index (χ1) is 9.88. The summed E-state index contributed by atoms with van der Waals surface area (Å²) in [4.78, 5) is 14.2. The van der Waals surface area contributed by atoms with Gasteiger partial charge in [0.05, 0.1) is 5.69 Å². The Hall–Kier alpha value is -1.52. The van der Waals surface area contributed by atoms with Crippen molar-refractivity contribution in [3.63, 3.8) is 0 Å². The summed E-state index contributed by atoms with van der Waals surface area (Å²) in [6.45, 7) is 1.92. The SMILES string of the molecule is Cc1cc(Br)c(NC(=O)c2ccc(N(C)C)cc2)cc1Cl. The molecule has 0 radical (unpaired) electrons. The van der Waals surface area contributed by atoms with Crippen molar-refractivity contribution in [3.8, 4) is 0 Å². The van der Waals surface area contributed by atoms with Gasteiger partial charge in [-0.05, 0) is 64.8 Å². The minimum atomic E-state index is -0.166. The Morgan fingerprint density at radius 3 is 2.38 bits per heavy atom. The zero-order valence-electron chi connectivity index (χ0n) is 12.1. The Morgan fingerprint density at radius 2 is 1.81 bits per heavy atom. The lowest BCUT2D eigenvalue weighted by atomic mass is 10.1. The van der Waals surface area contributed by atoms with Crippen LogP contribution in [0.25, 0.3) is 0 Å². The zero-order chi connectivity index (χ0) is 15.6. The molecule has 0 unspecified atom stereocenters. The first-order valence-electron chi connectivity index (χ1n) is 6.43. The van der Waals surface area contributed by atoms with E-state index in [1.165, 1.54) is 0 Å². The van der Waals surface area contributed by atoms with Crippen LogP contribution in [-0.2, 0) is 0 Å². The molecule has 0 aliphatic heterocycles. The van der Waals surface area contributed by atoms with E-state index in [1.54, 1.807) is 18.2 Å². The van der Waals surface area contributed by atoms with Gasteiger partial charge in [-0.1, -0.05) is 11.6 Å².